The minimum Gasteiger partial charge on any atom is -0.335 e. The Morgan fingerprint density at radius 1 is 1.33 bits per heavy atom. The van der Waals surface area contributed by atoms with Crippen LogP contribution in [0.1, 0.15) is 0 Å². The molecule has 0 saturated heterocycles. The van der Waals surface area contributed by atoms with E-state index in [-0.39, 0.29) is 0 Å². The second-order valence-electron chi connectivity index (χ2n) is 3.78. The van der Waals surface area contributed by atoms with Crippen molar-refractivity contribution in [3.05, 3.63) is 39.7 Å². The average Bonchev–Trinajstić information content (AvgIpc) is 2.69. The number of aromatic amines is 1. The van der Waals surface area contributed by atoms with Crippen LogP contribution in [-0.4, -0.2) is 19.9 Å². The van der Waals surface area contributed by atoms with Crippen LogP contribution in [0.3, 0.4) is 0 Å². The summed E-state index contributed by atoms with van der Waals surface area (Å²) in [6.07, 6.45) is 1.73. The van der Waals surface area contributed by atoms with Crippen LogP contribution in [-0.2, 0) is 0 Å². The van der Waals surface area contributed by atoms with E-state index >= 15 is 0 Å². The van der Waals surface area contributed by atoms with Crippen molar-refractivity contribution in [2.45, 2.75) is 0 Å². The zero-order valence-electron chi connectivity index (χ0n) is 9.09. The Morgan fingerprint density at radius 2 is 2.17 bits per heavy atom. The van der Waals surface area contributed by atoms with Crippen LogP contribution >= 0.6 is 28.1 Å². The number of nitrogens with one attached hydrogen (secondary N) is 1. The Bertz CT molecular complexity index is 791. The molecule has 0 fully saturated rings. The van der Waals surface area contributed by atoms with Crippen molar-refractivity contribution in [1.82, 2.24) is 19.9 Å². The van der Waals surface area contributed by atoms with E-state index in [1.54, 1.807) is 6.20 Å². The van der Waals surface area contributed by atoms with Crippen molar-refractivity contribution in [2.75, 3.05) is 5.84 Å². The van der Waals surface area contributed by atoms with Crippen molar-refractivity contribution in [2.24, 2.45) is 0 Å². The van der Waals surface area contributed by atoms with Gasteiger partial charge in [0.15, 0.2) is 5.82 Å². The molecule has 0 aliphatic rings. The van der Waals surface area contributed by atoms with Gasteiger partial charge in [0.25, 0.3) is 0 Å². The van der Waals surface area contributed by atoms with E-state index in [9.17, 15) is 0 Å². The highest BCUT2D eigenvalue weighted by atomic mass is 79.9. The fraction of sp³-hybridized carbons (Fsp3) is 0. The van der Waals surface area contributed by atoms with Gasteiger partial charge >= 0.3 is 0 Å². The van der Waals surface area contributed by atoms with Crippen molar-refractivity contribution >= 4 is 39.1 Å². The maximum absolute atomic E-state index is 5.79. The molecule has 0 amide bonds. The number of benzene rings is 1. The number of nitrogens with zero attached hydrogens (tertiary/aromatic N) is 3. The number of fused-ring (bicyclic) bond motifs is 1. The Kier molecular flexibility index (Phi) is 2.64. The molecule has 0 aliphatic carbocycles. The van der Waals surface area contributed by atoms with Crippen LogP contribution in [0.4, 0.5) is 0 Å². The van der Waals surface area contributed by atoms with Gasteiger partial charge in [-0.2, -0.15) is 5.10 Å². The fourth-order valence-electron chi connectivity index (χ4n) is 1.73. The quantitative estimate of drug-likeness (QED) is 0.534. The number of rotatable bonds is 1. The second kappa shape index (κ2) is 4.18. The summed E-state index contributed by atoms with van der Waals surface area (Å²) in [6.45, 7) is 0. The first kappa shape index (κ1) is 11.4. The summed E-state index contributed by atoms with van der Waals surface area (Å²) in [7, 11) is 0. The predicted molar refractivity (Wildman–Crippen MR) is 76.0 cm³/mol. The summed E-state index contributed by atoms with van der Waals surface area (Å²) < 4.78 is 2.70. The van der Waals surface area contributed by atoms with E-state index in [1.807, 2.05) is 24.3 Å². The van der Waals surface area contributed by atoms with Gasteiger partial charge in [-0.3, -0.25) is 4.98 Å². The van der Waals surface area contributed by atoms with Crippen LogP contribution in [0.2, 0.25) is 0 Å². The lowest BCUT2D eigenvalue weighted by atomic mass is 10.1. The van der Waals surface area contributed by atoms with Gasteiger partial charge in [0.2, 0.25) is 4.77 Å². The molecule has 2 heterocycles. The highest BCUT2D eigenvalue weighted by Crippen LogP contribution is 2.23. The molecule has 2 aromatic heterocycles. The Labute approximate surface area is 116 Å². The lowest BCUT2D eigenvalue weighted by Gasteiger charge is -2.02. The predicted octanol–water partition coefficient (Wildman–Crippen LogP) is 2.63. The smallest absolute Gasteiger partial charge is 0.214 e. The van der Waals surface area contributed by atoms with E-state index in [0.29, 0.717) is 10.6 Å². The lowest BCUT2D eigenvalue weighted by Crippen LogP contribution is -2.09. The molecule has 5 nitrogen and oxygen atoms in total. The van der Waals surface area contributed by atoms with Gasteiger partial charge in [-0.25, -0.2) is 9.77 Å². The molecule has 0 unspecified atom stereocenters. The Hall–Kier alpha value is -1.73. The van der Waals surface area contributed by atoms with Crippen molar-refractivity contribution in [3.8, 4) is 11.4 Å². The van der Waals surface area contributed by atoms with E-state index in [2.05, 4.69) is 31.1 Å². The minimum atomic E-state index is 0.374. The number of hydrogen-bond donors (Lipinski definition) is 2. The number of pyridine rings is 1. The SMILES string of the molecule is Nn1c(-c2cnc3ccc(Br)cc3c2)n[nH]c1=S. The molecule has 7 heteroatoms. The molecule has 18 heavy (non-hydrogen) atoms. The van der Waals surface area contributed by atoms with E-state index in [1.165, 1.54) is 4.68 Å². The molecule has 3 N–H and O–H groups in total. The standard InChI is InChI=1S/C11H8BrN5S/c12-8-1-2-9-6(4-8)3-7(5-14-9)10-15-16-11(18)17(10)13/h1-5H,13H2,(H,16,18). The third-order valence-corrected chi connectivity index (χ3v) is 3.39. The lowest BCUT2D eigenvalue weighted by molar-refractivity contribution is 0.983. The van der Waals surface area contributed by atoms with Crippen LogP contribution < -0.4 is 5.84 Å². The molecular formula is C11H8BrN5S. The maximum atomic E-state index is 5.79. The molecule has 0 spiro atoms. The Balaban J connectivity index is 2.24. The van der Waals surface area contributed by atoms with Crippen LogP contribution in [0.15, 0.2) is 34.9 Å². The summed E-state index contributed by atoms with van der Waals surface area (Å²) in [5, 5.41) is 7.74. The van der Waals surface area contributed by atoms with Gasteiger partial charge in [-0.05, 0) is 36.5 Å². The first-order chi connectivity index (χ1) is 8.65. The zero-order chi connectivity index (χ0) is 12.7. The summed E-state index contributed by atoms with van der Waals surface area (Å²) in [6, 6.07) is 7.87. The van der Waals surface area contributed by atoms with Gasteiger partial charge in [0.05, 0.1) is 5.52 Å². The monoisotopic (exact) mass is 321 g/mol. The van der Waals surface area contributed by atoms with E-state index < -0.39 is 0 Å². The van der Waals surface area contributed by atoms with Crippen LogP contribution in [0, 0.1) is 4.77 Å². The summed E-state index contributed by atoms with van der Waals surface area (Å²) >= 11 is 8.42. The van der Waals surface area contributed by atoms with Gasteiger partial charge in [0.1, 0.15) is 0 Å². The van der Waals surface area contributed by atoms with Crippen LogP contribution in [0.5, 0.6) is 0 Å². The summed E-state index contributed by atoms with van der Waals surface area (Å²) in [4.78, 5) is 4.37. The van der Waals surface area contributed by atoms with Crippen molar-refractivity contribution < 1.29 is 0 Å². The number of nitrogens with two attached hydrogens (primary N) is 1. The molecule has 1 aromatic carbocycles. The molecular weight excluding hydrogens is 314 g/mol. The normalized spacial score (nSPS) is 10.9. The molecule has 3 aromatic rings. The topological polar surface area (TPSA) is 72.5 Å². The number of nitrogen functional groups attached to an aromatic ring is 1. The van der Waals surface area contributed by atoms with Crippen molar-refractivity contribution in [1.29, 1.82) is 0 Å². The minimum absolute atomic E-state index is 0.374. The number of halogens is 1. The zero-order valence-corrected chi connectivity index (χ0v) is 11.5. The average molecular weight is 322 g/mol. The molecule has 0 aliphatic heterocycles. The van der Waals surface area contributed by atoms with Gasteiger partial charge < -0.3 is 5.84 Å². The first-order valence-electron chi connectivity index (χ1n) is 5.13. The first-order valence-corrected chi connectivity index (χ1v) is 6.33. The highest BCUT2D eigenvalue weighted by Gasteiger charge is 2.08. The second-order valence-corrected chi connectivity index (χ2v) is 5.09. The van der Waals surface area contributed by atoms with E-state index in [0.717, 1.165) is 20.9 Å². The van der Waals surface area contributed by atoms with Gasteiger partial charge in [-0.15, -0.1) is 0 Å². The molecule has 90 valence electrons. The molecule has 0 radical (unpaired) electrons. The fourth-order valence-corrected chi connectivity index (χ4v) is 2.24. The summed E-state index contributed by atoms with van der Waals surface area (Å²) in [5.41, 5.74) is 1.73. The molecule has 0 bridgehead atoms. The molecule has 0 atom stereocenters. The number of H-pyrrole nitrogens is 1. The van der Waals surface area contributed by atoms with E-state index in [4.69, 9.17) is 18.1 Å². The number of hydrogen-bond acceptors (Lipinski definition) is 4. The highest BCUT2D eigenvalue weighted by molar-refractivity contribution is 9.10. The molecule has 3 rings (SSSR count). The van der Waals surface area contributed by atoms with Crippen LogP contribution in [0.25, 0.3) is 22.3 Å². The molecule has 0 saturated carbocycles. The maximum Gasteiger partial charge on any atom is 0.214 e. The van der Waals surface area contributed by atoms with Gasteiger partial charge in [0, 0.05) is 21.6 Å². The van der Waals surface area contributed by atoms with Crippen molar-refractivity contribution in [3.63, 3.8) is 0 Å². The third kappa shape index (κ3) is 1.81. The Morgan fingerprint density at radius 3 is 2.89 bits per heavy atom. The third-order valence-electron chi connectivity index (χ3n) is 2.61. The van der Waals surface area contributed by atoms with Gasteiger partial charge in [-0.1, -0.05) is 15.9 Å². The summed E-state index contributed by atoms with van der Waals surface area (Å²) in [5.74, 6) is 6.35. The largest absolute Gasteiger partial charge is 0.335 e. The number of aromatic nitrogens is 4.